The highest BCUT2D eigenvalue weighted by atomic mass is 16.3. The van der Waals surface area contributed by atoms with Crippen LogP contribution < -0.4 is 0 Å². The molecule has 2 N–H and O–H groups in total. The summed E-state index contributed by atoms with van der Waals surface area (Å²) in [6.45, 7) is 0. The average Bonchev–Trinajstić information content (AvgIpc) is 3.37. The van der Waals surface area contributed by atoms with Crippen molar-refractivity contribution in [3.63, 3.8) is 0 Å². The van der Waals surface area contributed by atoms with E-state index in [1.54, 1.807) is 9.80 Å². The van der Waals surface area contributed by atoms with Crippen LogP contribution in [-0.4, -0.2) is 49.7 Å². The second kappa shape index (κ2) is 8.91. The Kier molecular flexibility index (Phi) is 6.04. The maximum atomic E-state index is 8.15. The van der Waals surface area contributed by atoms with Crippen LogP contribution in [0.15, 0.2) is 57.4 Å². The number of nitrogens with one attached hydrogen (secondary N) is 2. The van der Waals surface area contributed by atoms with Gasteiger partial charge in [-0.25, -0.2) is 0 Å². The smallest absolute Gasteiger partial charge is 0.134 e. The van der Waals surface area contributed by atoms with Gasteiger partial charge in [-0.2, -0.15) is 0 Å². The van der Waals surface area contributed by atoms with E-state index in [1.807, 2.05) is 64.6 Å². The number of hydrogen-bond acceptors (Lipinski definition) is 4. The minimum atomic E-state index is 0.492. The zero-order chi connectivity index (χ0) is 22.8. The average molecular weight is 431 g/mol. The van der Waals surface area contributed by atoms with Gasteiger partial charge in [0.15, 0.2) is 0 Å². The lowest BCUT2D eigenvalue weighted by Crippen LogP contribution is -2.21. The molecule has 0 fully saturated rings. The first-order chi connectivity index (χ1) is 15.3. The van der Waals surface area contributed by atoms with Crippen LogP contribution in [0.5, 0.6) is 0 Å². The molecule has 0 amide bonds. The summed E-state index contributed by atoms with van der Waals surface area (Å²) in [6, 6.07) is 16.0. The normalized spacial score (nSPS) is 11.2. The summed E-state index contributed by atoms with van der Waals surface area (Å²) in [6.07, 6.45) is 3.76. The van der Waals surface area contributed by atoms with Crippen LogP contribution >= 0.6 is 0 Å². The van der Waals surface area contributed by atoms with Crippen molar-refractivity contribution in [1.29, 1.82) is 10.8 Å². The summed E-state index contributed by atoms with van der Waals surface area (Å²) in [7, 11) is 7.51. The van der Waals surface area contributed by atoms with Crippen molar-refractivity contribution in [2.24, 2.45) is 0 Å². The van der Waals surface area contributed by atoms with Crippen molar-refractivity contribution in [2.75, 3.05) is 28.2 Å². The van der Waals surface area contributed by atoms with E-state index in [0.29, 0.717) is 11.7 Å². The van der Waals surface area contributed by atoms with Gasteiger partial charge in [0.2, 0.25) is 0 Å². The van der Waals surface area contributed by atoms with Gasteiger partial charge in [-0.05, 0) is 61.4 Å². The molecule has 0 bridgehead atoms. The van der Waals surface area contributed by atoms with Crippen molar-refractivity contribution in [1.82, 2.24) is 9.80 Å². The molecule has 0 aliphatic heterocycles. The van der Waals surface area contributed by atoms with Gasteiger partial charge in [0.1, 0.15) is 34.4 Å². The quantitative estimate of drug-likeness (QED) is 0.230. The molecule has 2 aromatic carbocycles. The fourth-order valence-corrected chi connectivity index (χ4v) is 3.85. The van der Waals surface area contributed by atoms with Crippen LogP contribution in [-0.2, 0) is 12.8 Å². The molecule has 2 aromatic heterocycles. The minimum absolute atomic E-state index is 0.492. The lowest BCUT2D eigenvalue weighted by molar-refractivity contribution is 0.509. The van der Waals surface area contributed by atoms with Gasteiger partial charge in [-0.15, -0.1) is 0 Å². The molecule has 6 heteroatoms. The fraction of sp³-hybridized carbons (Fsp3) is 0.308. The molecule has 0 saturated carbocycles. The van der Waals surface area contributed by atoms with Gasteiger partial charge >= 0.3 is 0 Å². The summed E-state index contributed by atoms with van der Waals surface area (Å²) in [5.41, 5.74) is 3.52. The van der Waals surface area contributed by atoms with E-state index < -0.39 is 0 Å². The van der Waals surface area contributed by atoms with Crippen LogP contribution in [0.25, 0.3) is 21.9 Å². The molecule has 166 valence electrons. The monoisotopic (exact) mass is 430 g/mol. The molecule has 0 atom stereocenters. The summed E-state index contributed by atoms with van der Waals surface area (Å²) >= 11 is 0. The highest BCUT2D eigenvalue weighted by Gasteiger charge is 2.10. The Morgan fingerprint density at radius 2 is 1.06 bits per heavy atom. The Labute approximate surface area is 188 Å². The molecule has 6 nitrogen and oxygen atoms in total. The number of unbranched alkanes of at least 4 members (excludes halogenated alkanes) is 1. The number of furan rings is 2. The van der Waals surface area contributed by atoms with Gasteiger partial charge < -0.3 is 18.6 Å². The number of hydrogen-bond donors (Lipinski definition) is 2. The Morgan fingerprint density at radius 3 is 1.44 bits per heavy atom. The van der Waals surface area contributed by atoms with E-state index in [4.69, 9.17) is 19.7 Å². The zero-order valence-electron chi connectivity index (χ0n) is 19.2. The molecule has 0 unspecified atom stereocenters. The number of fused-ring (bicyclic) bond motifs is 2. The topological polar surface area (TPSA) is 80.5 Å². The minimum Gasteiger partial charge on any atom is -0.461 e. The lowest BCUT2D eigenvalue weighted by Gasteiger charge is -2.13. The number of aryl methyl sites for hydroxylation is 2. The number of amidine groups is 2. The van der Waals surface area contributed by atoms with E-state index in [9.17, 15) is 0 Å². The molecule has 0 saturated heterocycles. The Hall–Kier alpha value is -3.54. The van der Waals surface area contributed by atoms with E-state index in [0.717, 1.165) is 70.3 Å². The number of rotatable bonds is 7. The van der Waals surface area contributed by atoms with E-state index in [1.165, 1.54) is 0 Å². The lowest BCUT2D eigenvalue weighted by atomic mass is 10.1. The van der Waals surface area contributed by atoms with E-state index in [-0.39, 0.29) is 0 Å². The van der Waals surface area contributed by atoms with Gasteiger partial charge in [-0.3, -0.25) is 10.8 Å². The zero-order valence-corrected chi connectivity index (χ0v) is 19.2. The third-order valence-corrected chi connectivity index (χ3v) is 5.67. The maximum Gasteiger partial charge on any atom is 0.134 e. The van der Waals surface area contributed by atoms with Crippen molar-refractivity contribution >= 4 is 33.6 Å². The summed E-state index contributed by atoms with van der Waals surface area (Å²) < 4.78 is 12.0. The largest absolute Gasteiger partial charge is 0.461 e. The first kappa shape index (κ1) is 21.7. The molecule has 4 aromatic rings. The maximum absolute atomic E-state index is 8.15. The van der Waals surface area contributed by atoms with E-state index in [2.05, 4.69) is 12.1 Å². The van der Waals surface area contributed by atoms with Gasteiger partial charge in [-0.1, -0.05) is 0 Å². The number of nitrogens with zero attached hydrogens (tertiary/aromatic N) is 2. The second-order valence-electron chi connectivity index (χ2n) is 8.62. The van der Waals surface area contributed by atoms with Crippen molar-refractivity contribution in [3.05, 3.63) is 71.2 Å². The Morgan fingerprint density at radius 1 is 0.656 bits per heavy atom. The summed E-state index contributed by atoms with van der Waals surface area (Å²) in [5, 5.41) is 18.4. The molecule has 2 heterocycles. The van der Waals surface area contributed by atoms with Crippen LogP contribution in [0.2, 0.25) is 0 Å². The second-order valence-corrected chi connectivity index (χ2v) is 8.62. The molecule has 0 aliphatic carbocycles. The summed E-state index contributed by atoms with van der Waals surface area (Å²) in [4.78, 5) is 3.60. The van der Waals surface area contributed by atoms with Crippen LogP contribution in [0, 0.1) is 10.8 Å². The highest BCUT2D eigenvalue weighted by Crippen LogP contribution is 2.25. The first-order valence-electron chi connectivity index (χ1n) is 10.9. The number of benzene rings is 2. The molecule has 0 radical (unpaired) electrons. The summed E-state index contributed by atoms with van der Waals surface area (Å²) in [5.74, 6) is 2.94. The predicted octanol–water partition coefficient (Wildman–Crippen LogP) is 5.52. The van der Waals surface area contributed by atoms with Crippen LogP contribution in [0.3, 0.4) is 0 Å². The molecular weight excluding hydrogens is 400 g/mol. The van der Waals surface area contributed by atoms with Crippen molar-refractivity contribution < 1.29 is 8.83 Å². The first-order valence-corrected chi connectivity index (χ1v) is 10.9. The van der Waals surface area contributed by atoms with Crippen molar-refractivity contribution in [2.45, 2.75) is 25.7 Å². The van der Waals surface area contributed by atoms with Gasteiger partial charge in [0, 0.05) is 62.9 Å². The Balaban J connectivity index is 1.35. The third kappa shape index (κ3) is 4.54. The molecule has 4 rings (SSSR count). The highest BCUT2D eigenvalue weighted by molar-refractivity contribution is 6.00. The SMILES string of the molecule is CN(C)C(=N)c1ccc2oc(CCCCc3cc4cc(C(=N)N(C)C)ccc4o3)cc2c1. The molecule has 0 aliphatic rings. The predicted molar refractivity (Wildman–Crippen MR) is 130 cm³/mol. The van der Waals surface area contributed by atoms with Gasteiger partial charge in [0.05, 0.1) is 0 Å². The Bertz CT molecular complexity index is 1180. The third-order valence-electron chi connectivity index (χ3n) is 5.67. The molecule has 0 spiro atoms. The van der Waals surface area contributed by atoms with E-state index >= 15 is 0 Å². The van der Waals surface area contributed by atoms with Crippen molar-refractivity contribution in [3.8, 4) is 0 Å². The van der Waals surface area contributed by atoms with Crippen LogP contribution in [0.4, 0.5) is 0 Å². The van der Waals surface area contributed by atoms with Gasteiger partial charge in [0.25, 0.3) is 0 Å². The molecular formula is C26H30N4O2. The fourth-order valence-electron chi connectivity index (χ4n) is 3.85. The standard InChI is InChI=1S/C26H30N4O2/c1-29(2)25(27)17-9-11-23-19(13-17)15-21(31-23)7-5-6-8-22-16-20-14-18(26(28)30(3)4)10-12-24(20)32-22/h9-16,27-28H,5-8H2,1-4H3. The van der Waals surface area contributed by atoms with Crippen LogP contribution in [0.1, 0.15) is 35.5 Å². The molecule has 32 heavy (non-hydrogen) atoms.